The first-order chi connectivity index (χ1) is 9.52. The topological polar surface area (TPSA) is 15.3 Å². The standard InChI is InChI=1S/C18H34N2/c1-6-11-19-17-9-10-18(4,5)14-16(17)15-20(12-7-2)13-8-3/h7-8,16-17,19H,2-3,6,9-15H2,1,4-5H3. The van der Waals surface area contributed by atoms with E-state index in [0.717, 1.165) is 32.1 Å². The van der Waals surface area contributed by atoms with E-state index in [-0.39, 0.29) is 0 Å². The van der Waals surface area contributed by atoms with E-state index < -0.39 is 0 Å². The molecule has 1 rings (SSSR count). The summed E-state index contributed by atoms with van der Waals surface area (Å²) >= 11 is 0. The van der Waals surface area contributed by atoms with Gasteiger partial charge in [-0.25, -0.2) is 0 Å². The fourth-order valence-electron chi connectivity index (χ4n) is 3.45. The maximum absolute atomic E-state index is 3.88. The van der Waals surface area contributed by atoms with E-state index >= 15 is 0 Å². The van der Waals surface area contributed by atoms with Crippen LogP contribution < -0.4 is 5.32 Å². The van der Waals surface area contributed by atoms with Crippen LogP contribution in [0.2, 0.25) is 0 Å². The molecule has 116 valence electrons. The molecule has 0 spiro atoms. The lowest BCUT2D eigenvalue weighted by molar-refractivity contribution is 0.108. The van der Waals surface area contributed by atoms with Crippen LogP contribution in [0, 0.1) is 11.3 Å². The Bertz CT molecular complexity index is 286. The van der Waals surface area contributed by atoms with Gasteiger partial charge in [0.15, 0.2) is 0 Å². The van der Waals surface area contributed by atoms with Crippen molar-refractivity contribution in [3.63, 3.8) is 0 Å². The van der Waals surface area contributed by atoms with E-state index in [9.17, 15) is 0 Å². The molecule has 2 unspecified atom stereocenters. The van der Waals surface area contributed by atoms with Crippen molar-refractivity contribution in [2.24, 2.45) is 11.3 Å². The van der Waals surface area contributed by atoms with Crippen LogP contribution in [0.5, 0.6) is 0 Å². The molecule has 1 fully saturated rings. The Kier molecular flexibility index (Phi) is 7.53. The van der Waals surface area contributed by atoms with Crippen molar-refractivity contribution in [1.29, 1.82) is 0 Å². The zero-order valence-electron chi connectivity index (χ0n) is 13.8. The highest BCUT2D eigenvalue weighted by molar-refractivity contribution is 4.92. The normalized spacial score (nSPS) is 25.6. The van der Waals surface area contributed by atoms with Crippen molar-refractivity contribution in [1.82, 2.24) is 10.2 Å². The van der Waals surface area contributed by atoms with Gasteiger partial charge in [-0.1, -0.05) is 32.9 Å². The maximum atomic E-state index is 3.88. The maximum Gasteiger partial charge on any atom is 0.0164 e. The average Bonchev–Trinajstić information content (AvgIpc) is 2.38. The molecule has 1 saturated carbocycles. The Labute approximate surface area is 126 Å². The minimum atomic E-state index is 0.489. The Morgan fingerprint density at radius 1 is 1.25 bits per heavy atom. The van der Waals surface area contributed by atoms with Gasteiger partial charge >= 0.3 is 0 Å². The largest absolute Gasteiger partial charge is 0.314 e. The monoisotopic (exact) mass is 278 g/mol. The molecule has 20 heavy (non-hydrogen) atoms. The number of hydrogen-bond acceptors (Lipinski definition) is 2. The van der Waals surface area contributed by atoms with Gasteiger partial charge in [-0.3, -0.25) is 4.90 Å². The molecule has 1 aliphatic carbocycles. The van der Waals surface area contributed by atoms with Gasteiger partial charge in [-0.2, -0.15) is 0 Å². The minimum Gasteiger partial charge on any atom is -0.314 e. The first kappa shape index (κ1) is 17.5. The predicted octanol–water partition coefficient (Wildman–Crippen LogP) is 3.85. The molecule has 0 amide bonds. The van der Waals surface area contributed by atoms with Crippen molar-refractivity contribution in [2.45, 2.75) is 52.5 Å². The second kappa shape index (κ2) is 8.63. The van der Waals surface area contributed by atoms with Crippen LogP contribution >= 0.6 is 0 Å². The second-order valence-corrected chi connectivity index (χ2v) is 7.02. The molecule has 1 aliphatic rings. The third-order valence-corrected chi connectivity index (χ3v) is 4.44. The molecule has 2 nitrogen and oxygen atoms in total. The van der Waals surface area contributed by atoms with Gasteiger partial charge < -0.3 is 5.32 Å². The fraction of sp³-hybridized carbons (Fsp3) is 0.778. The summed E-state index contributed by atoms with van der Waals surface area (Å²) in [6.07, 6.45) is 9.20. The van der Waals surface area contributed by atoms with E-state index in [1.54, 1.807) is 0 Å². The van der Waals surface area contributed by atoms with Gasteiger partial charge in [0.2, 0.25) is 0 Å². The van der Waals surface area contributed by atoms with Crippen LogP contribution in [0.25, 0.3) is 0 Å². The molecule has 2 heteroatoms. The average molecular weight is 278 g/mol. The fourth-order valence-corrected chi connectivity index (χ4v) is 3.45. The van der Waals surface area contributed by atoms with Gasteiger partial charge in [-0.15, -0.1) is 13.2 Å². The quantitative estimate of drug-likeness (QED) is 0.644. The summed E-state index contributed by atoms with van der Waals surface area (Å²) in [6.45, 7) is 19.1. The Morgan fingerprint density at radius 3 is 2.45 bits per heavy atom. The van der Waals surface area contributed by atoms with E-state index in [4.69, 9.17) is 0 Å². The molecule has 0 saturated heterocycles. The minimum absolute atomic E-state index is 0.489. The lowest BCUT2D eigenvalue weighted by atomic mass is 9.69. The molecule has 0 aromatic heterocycles. The summed E-state index contributed by atoms with van der Waals surface area (Å²) in [5.74, 6) is 0.741. The first-order valence-corrected chi connectivity index (χ1v) is 8.20. The van der Waals surface area contributed by atoms with E-state index in [2.05, 4.69) is 44.1 Å². The zero-order chi connectivity index (χ0) is 15.0. The number of nitrogens with one attached hydrogen (secondary N) is 1. The van der Waals surface area contributed by atoms with Gasteiger partial charge in [0.25, 0.3) is 0 Å². The zero-order valence-corrected chi connectivity index (χ0v) is 13.8. The van der Waals surface area contributed by atoms with Gasteiger partial charge in [-0.05, 0) is 43.6 Å². The second-order valence-electron chi connectivity index (χ2n) is 7.02. The molecule has 1 N–H and O–H groups in total. The van der Waals surface area contributed by atoms with Gasteiger partial charge in [0.1, 0.15) is 0 Å². The lowest BCUT2D eigenvalue weighted by Crippen LogP contribution is -2.47. The summed E-state index contributed by atoms with van der Waals surface area (Å²) in [5, 5.41) is 3.77. The molecule has 0 bridgehead atoms. The number of nitrogens with zero attached hydrogens (tertiary/aromatic N) is 1. The summed E-state index contributed by atoms with van der Waals surface area (Å²) < 4.78 is 0. The van der Waals surface area contributed by atoms with Crippen molar-refractivity contribution >= 4 is 0 Å². The molecule has 0 heterocycles. The van der Waals surface area contributed by atoms with Crippen LogP contribution in [0.1, 0.15) is 46.5 Å². The summed E-state index contributed by atoms with van der Waals surface area (Å²) in [6, 6.07) is 0.681. The van der Waals surface area contributed by atoms with Crippen LogP contribution in [-0.4, -0.2) is 37.1 Å². The van der Waals surface area contributed by atoms with Gasteiger partial charge in [0.05, 0.1) is 0 Å². The number of rotatable bonds is 9. The Morgan fingerprint density at radius 2 is 1.90 bits per heavy atom. The SMILES string of the molecule is C=CCN(CC=C)CC1CC(C)(C)CCC1NCCC. The molecule has 0 aliphatic heterocycles. The summed E-state index contributed by atoms with van der Waals surface area (Å²) in [7, 11) is 0. The van der Waals surface area contributed by atoms with Crippen LogP contribution in [0.15, 0.2) is 25.3 Å². The predicted molar refractivity (Wildman–Crippen MR) is 90.0 cm³/mol. The highest BCUT2D eigenvalue weighted by Gasteiger charge is 2.35. The summed E-state index contributed by atoms with van der Waals surface area (Å²) in [4.78, 5) is 2.46. The van der Waals surface area contributed by atoms with E-state index in [1.165, 1.54) is 25.7 Å². The smallest absolute Gasteiger partial charge is 0.0164 e. The molecule has 0 radical (unpaired) electrons. The number of hydrogen-bond donors (Lipinski definition) is 1. The molecule has 2 atom stereocenters. The lowest BCUT2D eigenvalue weighted by Gasteiger charge is -2.43. The van der Waals surface area contributed by atoms with Crippen LogP contribution in [-0.2, 0) is 0 Å². The third-order valence-electron chi connectivity index (χ3n) is 4.44. The third kappa shape index (κ3) is 5.80. The first-order valence-electron chi connectivity index (χ1n) is 8.20. The Hall–Kier alpha value is -0.600. The molecule has 0 aromatic rings. The van der Waals surface area contributed by atoms with E-state index in [1.807, 2.05) is 12.2 Å². The highest BCUT2D eigenvalue weighted by Crippen LogP contribution is 2.39. The van der Waals surface area contributed by atoms with Crippen molar-refractivity contribution in [3.05, 3.63) is 25.3 Å². The van der Waals surface area contributed by atoms with Crippen molar-refractivity contribution < 1.29 is 0 Å². The van der Waals surface area contributed by atoms with Crippen LogP contribution in [0.4, 0.5) is 0 Å². The van der Waals surface area contributed by atoms with Crippen molar-refractivity contribution in [2.75, 3.05) is 26.2 Å². The van der Waals surface area contributed by atoms with E-state index in [0.29, 0.717) is 11.5 Å². The van der Waals surface area contributed by atoms with Crippen molar-refractivity contribution in [3.8, 4) is 0 Å². The summed E-state index contributed by atoms with van der Waals surface area (Å²) in [5.41, 5.74) is 0.489. The Balaban J connectivity index is 2.65. The highest BCUT2D eigenvalue weighted by atomic mass is 15.1. The molecule has 0 aromatic carbocycles. The van der Waals surface area contributed by atoms with Gasteiger partial charge in [0, 0.05) is 25.7 Å². The van der Waals surface area contributed by atoms with Crippen LogP contribution in [0.3, 0.4) is 0 Å². The molecular weight excluding hydrogens is 244 g/mol. The molecular formula is C18H34N2.